The molecule has 0 fully saturated rings. The molecule has 0 heterocycles. The Balaban J connectivity index is 2.72. The van der Waals surface area contributed by atoms with E-state index in [4.69, 9.17) is 5.73 Å². The second kappa shape index (κ2) is 5.32. The van der Waals surface area contributed by atoms with Crippen molar-refractivity contribution in [2.75, 3.05) is 6.54 Å². The van der Waals surface area contributed by atoms with Gasteiger partial charge < -0.3 is 10.8 Å². The van der Waals surface area contributed by atoms with Crippen LogP contribution in [-0.2, 0) is 6.42 Å². The Kier molecular flexibility index (Phi) is 4.35. The molecular formula is C10H13BrFNO. The van der Waals surface area contributed by atoms with Crippen molar-refractivity contribution in [2.24, 2.45) is 5.73 Å². The van der Waals surface area contributed by atoms with Crippen molar-refractivity contribution in [2.45, 2.75) is 19.3 Å². The molecule has 0 aliphatic carbocycles. The van der Waals surface area contributed by atoms with Crippen LogP contribution >= 0.6 is 15.9 Å². The molecule has 3 N–H and O–H groups in total. The Labute approximate surface area is 91.1 Å². The zero-order valence-corrected chi connectivity index (χ0v) is 9.35. The normalized spacial score (nSPS) is 10.5. The molecule has 0 atom stereocenters. The topological polar surface area (TPSA) is 46.2 Å². The van der Waals surface area contributed by atoms with Crippen LogP contribution in [0.2, 0.25) is 0 Å². The van der Waals surface area contributed by atoms with Crippen molar-refractivity contribution in [1.29, 1.82) is 0 Å². The molecule has 0 saturated carbocycles. The summed E-state index contributed by atoms with van der Waals surface area (Å²) in [4.78, 5) is 0. The average molecular weight is 262 g/mol. The summed E-state index contributed by atoms with van der Waals surface area (Å²) in [5, 5.41) is 9.19. The number of rotatable bonds is 4. The summed E-state index contributed by atoms with van der Waals surface area (Å²) in [6.45, 7) is 0.626. The molecule has 1 aromatic carbocycles. The van der Waals surface area contributed by atoms with Crippen LogP contribution in [0.5, 0.6) is 5.75 Å². The highest BCUT2D eigenvalue weighted by Crippen LogP contribution is 2.27. The fourth-order valence-corrected chi connectivity index (χ4v) is 1.62. The third kappa shape index (κ3) is 2.96. The zero-order chi connectivity index (χ0) is 10.6. The fourth-order valence-electron chi connectivity index (χ4n) is 1.23. The number of aryl methyl sites for hydroxylation is 1. The van der Waals surface area contributed by atoms with Crippen LogP contribution in [0.25, 0.3) is 0 Å². The molecule has 0 radical (unpaired) electrons. The number of halogens is 2. The minimum atomic E-state index is -0.359. The molecule has 78 valence electrons. The summed E-state index contributed by atoms with van der Waals surface area (Å²) in [5.74, 6) is -0.423. The van der Waals surface area contributed by atoms with Crippen molar-refractivity contribution in [1.82, 2.24) is 0 Å². The van der Waals surface area contributed by atoms with Crippen molar-refractivity contribution >= 4 is 15.9 Å². The van der Waals surface area contributed by atoms with E-state index in [-0.39, 0.29) is 11.6 Å². The molecule has 0 bridgehead atoms. The summed E-state index contributed by atoms with van der Waals surface area (Å²) in [6.07, 6.45) is 2.41. The van der Waals surface area contributed by atoms with Gasteiger partial charge >= 0.3 is 0 Å². The van der Waals surface area contributed by atoms with Crippen molar-refractivity contribution in [3.63, 3.8) is 0 Å². The van der Waals surface area contributed by atoms with E-state index in [9.17, 15) is 9.50 Å². The van der Waals surface area contributed by atoms with Gasteiger partial charge in [-0.1, -0.05) is 0 Å². The van der Waals surface area contributed by atoms with E-state index in [1.165, 1.54) is 0 Å². The highest BCUT2D eigenvalue weighted by molar-refractivity contribution is 9.10. The number of phenols is 1. The van der Waals surface area contributed by atoms with Crippen LogP contribution in [0.1, 0.15) is 18.4 Å². The van der Waals surface area contributed by atoms with Crippen molar-refractivity contribution in [3.05, 3.63) is 28.0 Å². The van der Waals surface area contributed by atoms with Gasteiger partial charge in [0.25, 0.3) is 0 Å². The minimum Gasteiger partial charge on any atom is -0.507 e. The van der Waals surface area contributed by atoms with Crippen molar-refractivity contribution in [3.8, 4) is 5.75 Å². The summed E-state index contributed by atoms with van der Waals surface area (Å²) >= 11 is 3.15. The third-order valence-electron chi connectivity index (χ3n) is 2.02. The first-order valence-corrected chi connectivity index (χ1v) is 5.31. The van der Waals surface area contributed by atoms with Crippen molar-refractivity contribution < 1.29 is 9.50 Å². The maximum atomic E-state index is 13.2. The number of unbranched alkanes of at least 4 members (excludes halogenated alkanes) is 1. The minimum absolute atomic E-state index is 0.0647. The van der Waals surface area contributed by atoms with Gasteiger partial charge in [0.05, 0.1) is 4.47 Å². The highest BCUT2D eigenvalue weighted by atomic mass is 79.9. The first-order valence-electron chi connectivity index (χ1n) is 4.52. The lowest BCUT2D eigenvalue weighted by molar-refractivity contribution is 0.464. The maximum absolute atomic E-state index is 13.2. The van der Waals surface area contributed by atoms with E-state index >= 15 is 0 Å². The van der Waals surface area contributed by atoms with Crippen LogP contribution < -0.4 is 5.73 Å². The van der Waals surface area contributed by atoms with Gasteiger partial charge in [-0.05, 0) is 53.4 Å². The van der Waals surface area contributed by atoms with E-state index < -0.39 is 0 Å². The zero-order valence-electron chi connectivity index (χ0n) is 7.76. The van der Waals surface area contributed by atoms with Crippen LogP contribution in [0.4, 0.5) is 4.39 Å². The second-order valence-corrected chi connectivity index (χ2v) is 4.00. The SMILES string of the molecule is NCCCCc1cc(Br)c(O)cc1F. The maximum Gasteiger partial charge on any atom is 0.132 e. The monoisotopic (exact) mass is 261 g/mol. The van der Waals surface area contributed by atoms with Crippen LogP contribution in [0, 0.1) is 5.82 Å². The standard InChI is InChI=1S/C10H13BrFNO/c11-8-5-7(3-1-2-4-13)9(12)6-10(8)14/h5-6,14H,1-4,13H2. The molecule has 2 nitrogen and oxygen atoms in total. The number of benzene rings is 1. The van der Waals surface area contributed by atoms with Gasteiger partial charge in [0.2, 0.25) is 0 Å². The molecule has 1 aromatic rings. The molecular weight excluding hydrogens is 249 g/mol. The predicted octanol–water partition coefficient (Wildman–Crippen LogP) is 2.58. The molecule has 0 aliphatic heterocycles. The quantitative estimate of drug-likeness (QED) is 0.819. The molecule has 0 aliphatic rings. The molecule has 0 spiro atoms. The van der Waals surface area contributed by atoms with E-state index in [0.717, 1.165) is 18.9 Å². The lowest BCUT2D eigenvalue weighted by atomic mass is 10.1. The molecule has 0 amide bonds. The van der Waals surface area contributed by atoms with Gasteiger partial charge in [-0.15, -0.1) is 0 Å². The fraction of sp³-hybridized carbons (Fsp3) is 0.400. The largest absolute Gasteiger partial charge is 0.507 e. The van der Waals surface area contributed by atoms with Crippen LogP contribution in [0.3, 0.4) is 0 Å². The van der Waals surface area contributed by atoms with Gasteiger partial charge in [0.1, 0.15) is 11.6 Å². The first-order chi connectivity index (χ1) is 6.65. The second-order valence-electron chi connectivity index (χ2n) is 3.14. The van der Waals surface area contributed by atoms with Gasteiger partial charge in [-0.2, -0.15) is 0 Å². The highest BCUT2D eigenvalue weighted by Gasteiger charge is 2.06. The molecule has 0 saturated heterocycles. The number of phenolic OH excluding ortho intramolecular Hbond substituents is 1. The van der Waals surface area contributed by atoms with Gasteiger partial charge in [-0.25, -0.2) is 4.39 Å². The van der Waals surface area contributed by atoms with Gasteiger partial charge in [0, 0.05) is 6.07 Å². The predicted molar refractivity (Wildman–Crippen MR) is 57.8 cm³/mol. The van der Waals surface area contributed by atoms with E-state index in [0.29, 0.717) is 23.0 Å². The van der Waals surface area contributed by atoms with Crippen LogP contribution in [-0.4, -0.2) is 11.7 Å². The number of hydrogen-bond acceptors (Lipinski definition) is 2. The molecule has 1 rings (SSSR count). The summed E-state index contributed by atoms with van der Waals surface area (Å²) in [5.41, 5.74) is 5.96. The number of nitrogens with two attached hydrogens (primary N) is 1. The number of hydrogen-bond donors (Lipinski definition) is 2. The van der Waals surface area contributed by atoms with Gasteiger partial charge in [0.15, 0.2) is 0 Å². The lowest BCUT2D eigenvalue weighted by Gasteiger charge is -2.05. The molecule has 4 heteroatoms. The smallest absolute Gasteiger partial charge is 0.132 e. The molecule has 0 aromatic heterocycles. The summed E-state index contributed by atoms with van der Waals surface area (Å²) in [6, 6.07) is 2.74. The third-order valence-corrected chi connectivity index (χ3v) is 2.65. The van der Waals surface area contributed by atoms with Crippen LogP contribution in [0.15, 0.2) is 16.6 Å². The first kappa shape index (κ1) is 11.5. The van der Waals surface area contributed by atoms with E-state index in [1.54, 1.807) is 6.07 Å². The van der Waals surface area contributed by atoms with E-state index in [1.807, 2.05) is 0 Å². The Morgan fingerprint density at radius 1 is 1.36 bits per heavy atom. The molecule has 14 heavy (non-hydrogen) atoms. The summed E-state index contributed by atoms with van der Waals surface area (Å²) < 4.78 is 13.8. The average Bonchev–Trinajstić information content (AvgIpc) is 2.14. The lowest BCUT2D eigenvalue weighted by Crippen LogP contribution is -2.00. The van der Waals surface area contributed by atoms with Gasteiger partial charge in [-0.3, -0.25) is 0 Å². The Hall–Kier alpha value is -0.610. The Morgan fingerprint density at radius 3 is 2.71 bits per heavy atom. The Bertz CT molecular complexity index is 317. The number of aromatic hydroxyl groups is 1. The molecule has 0 unspecified atom stereocenters. The van der Waals surface area contributed by atoms with E-state index in [2.05, 4.69) is 15.9 Å². The summed E-state index contributed by atoms with van der Waals surface area (Å²) in [7, 11) is 0. The Morgan fingerprint density at radius 2 is 2.07 bits per heavy atom.